The van der Waals surface area contributed by atoms with Crippen molar-refractivity contribution >= 4 is 35.1 Å². The molecular weight excluding hydrogens is 313 g/mol. The number of carbonyl (C=O) groups is 2. The van der Waals surface area contributed by atoms with E-state index >= 15 is 0 Å². The van der Waals surface area contributed by atoms with E-state index < -0.39 is 11.4 Å². The van der Waals surface area contributed by atoms with Crippen LogP contribution in [0.15, 0.2) is 18.2 Å². The molecule has 21 heavy (non-hydrogen) atoms. The van der Waals surface area contributed by atoms with Crippen LogP contribution in [0.3, 0.4) is 0 Å². The Morgan fingerprint density at radius 3 is 2.57 bits per heavy atom. The van der Waals surface area contributed by atoms with E-state index in [0.29, 0.717) is 29.3 Å². The molecule has 1 fully saturated rings. The summed E-state index contributed by atoms with van der Waals surface area (Å²) in [6.45, 7) is 1.99. The van der Waals surface area contributed by atoms with Crippen LogP contribution in [0.5, 0.6) is 0 Å². The Bertz CT molecular complexity index is 570. The number of hydrogen-bond acceptors (Lipinski definition) is 2. The van der Waals surface area contributed by atoms with Crippen LogP contribution in [0.25, 0.3) is 0 Å². The molecule has 1 aromatic rings. The van der Waals surface area contributed by atoms with Crippen LogP contribution in [0.4, 0.5) is 0 Å². The van der Waals surface area contributed by atoms with Gasteiger partial charge in [0.25, 0.3) is 0 Å². The molecule has 1 aliphatic carbocycles. The molecular formula is C15H17Cl2NO3. The van der Waals surface area contributed by atoms with Crippen molar-refractivity contribution in [3.05, 3.63) is 33.8 Å². The minimum absolute atomic E-state index is 0.159. The zero-order valence-corrected chi connectivity index (χ0v) is 13.2. The van der Waals surface area contributed by atoms with E-state index in [4.69, 9.17) is 28.3 Å². The number of carbonyl (C=O) groups excluding carboxylic acids is 1. The lowest BCUT2D eigenvalue weighted by Crippen LogP contribution is -2.37. The molecule has 6 heteroatoms. The number of rotatable bonds is 6. The Morgan fingerprint density at radius 2 is 2.05 bits per heavy atom. The van der Waals surface area contributed by atoms with Gasteiger partial charge in [0.1, 0.15) is 0 Å². The minimum atomic E-state index is -0.837. The highest BCUT2D eigenvalue weighted by atomic mass is 35.5. The first-order valence-corrected chi connectivity index (χ1v) is 7.55. The third-order valence-electron chi connectivity index (χ3n) is 3.90. The molecule has 1 saturated carbocycles. The van der Waals surface area contributed by atoms with Crippen LogP contribution in [-0.2, 0) is 16.0 Å². The van der Waals surface area contributed by atoms with Crippen LogP contribution in [0, 0.1) is 11.3 Å². The number of benzene rings is 1. The molecule has 2 rings (SSSR count). The average molecular weight is 330 g/mol. The SMILES string of the molecule is CC(Cc1ccc(Cl)cc1Cl)C(=O)NCC1(C(=O)O)CC1. The Hall–Kier alpha value is -1.26. The monoisotopic (exact) mass is 329 g/mol. The molecule has 0 radical (unpaired) electrons. The number of halogens is 2. The summed E-state index contributed by atoms with van der Waals surface area (Å²) in [6, 6.07) is 5.18. The summed E-state index contributed by atoms with van der Waals surface area (Å²) in [5, 5.41) is 12.9. The quantitative estimate of drug-likeness (QED) is 0.842. The van der Waals surface area contributed by atoms with Crippen molar-refractivity contribution in [2.45, 2.75) is 26.2 Å². The summed E-state index contributed by atoms with van der Waals surface area (Å²) in [7, 11) is 0. The van der Waals surface area contributed by atoms with Crippen molar-refractivity contribution in [3.8, 4) is 0 Å². The van der Waals surface area contributed by atoms with Gasteiger partial charge in [0, 0.05) is 22.5 Å². The van der Waals surface area contributed by atoms with Crippen molar-refractivity contribution < 1.29 is 14.7 Å². The maximum atomic E-state index is 12.0. The molecule has 0 spiro atoms. The third-order valence-corrected chi connectivity index (χ3v) is 4.48. The first-order chi connectivity index (χ1) is 9.84. The maximum Gasteiger partial charge on any atom is 0.311 e. The van der Waals surface area contributed by atoms with Crippen molar-refractivity contribution in [2.75, 3.05) is 6.54 Å². The van der Waals surface area contributed by atoms with Gasteiger partial charge in [0.2, 0.25) is 5.91 Å². The number of amides is 1. The average Bonchev–Trinajstić information content (AvgIpc) is 3.20. The summed E-state index contributed by atoms with van der Waals surface area (Å²) in [5.41, 5.74) is 0.107. The molecule has 1 unspecified atom stereocenters. The van der Waals surface area contributed by atoms with E-state index in [0.717, 1.165) is 5.56 Å². The largest absolute Gasteiger partial charge is 0.481 e. The zero-order valence-electron chi connectivity index (χ0n) is 11.7. The highest BCUT2D eigenvalue weighted by molar-refractivity contribution is 6.35. The maximum absolute atomic E-state index is 12.0. The molecule has 2 N–H and O–H groups in total. The normalized spacial score (nSPS) is 17.1. The molecule has 1 aliphatic rings. The molecule has 0 saturated heterocycles. The molecule has 0 aliphatic heterocycles. The molecule has 1 aromatic carbocycles. The highest BCUT2D eigenvalue weighted by Gasteiger charge is 2.50. The van der Waals surface area contributed by atoms with Gasteiger partial charge in [-0.05, 0) is 37.0 Å². The molecule has 0 aromatic heterocycles. The third kappa shape index (κ3) is 3.89. The van der Waals surface area contributed by atoms with Gasteiger partial charge in [-0.25, -0.2) is 0 Å². The van der Waals surface area contributed by atoms with E-state index in [-0.39, 0.29) is 18.4 Å². The van der Waals surface area contributed by atoms with Crippen LogP contribution in [0.2, 0.25) is 10.0 Å². The lowest BCUT2D eigenvalue weighted by Gasteiger charge is -2.16. The van der Waals surface area contributed by atoms with Gasteiger partial charge < -0.3 is 10.4 Å². The van der Waals surface area contributed by atoms with Gasteiger partial charge >= 0.3 is 5.97 Å². The second-order valence-corrected chi connectivity index (χ2v) is 6.49. The molecule has 1 atom stereocenters. The Kier molecular flexibility index (Phi) is 4.79. The van der Waals surface area contributed by atoms with Crippen LogP contribution in [-0.4, -0.2) is 23.5 Å². The Labute approximate surface area is 133 Å². The molecule has 1 amide bonds. The van der Waals surface area contributed by atoms with Gasteiger partial charge in [-0.1, -0.05) is 36.2 Å². The number of aliphatic carboxylic acids is 1. The van der Waals surface area contributed by atoms with E-state index in [2.05, 4.69) is 5.32 Å². The fourth-order valence-electron chi connectivity index (χ4n) is 2.16. The first-order valence-electron chi connectivity index (χ1n) is 6.79. The Morgan fingerprint density at radius 1 is 1.38 bits per heavy atom. The van der Waals surface area contributed by atoms with E-state index in [9.17, 15) is 9.59 Å². The summed E-state index contributed by atoms with van der Waals surface area (Å²) in [6.07, 6.45) is 1.74. The standard InChI is InChI=1S/C15H17Cl2NO3/c1-9(6-10-2-3-11(16)7-12(10)17)13(19)18-8-15(4-5-15)14(20)21/h2-3,7,9H,4-6,8H2,1H3,(H,18,19)(H,20,21). The predicted molar refractivity (Wildman–Crippen MR) is 81.6 cm³/mol. The second kappa shape index (κ2) is 6.24. The summed E-state index contributed by atoms with van der Waals surface area (Å²) in [5.74, 6) is -1.28. The number of carboxylic acids is 1. The summed E-state index contributed by atoms with van der Waals surface area (Å²) < 4.78 is 0. The topological polar surface area (TPSA) is 66.4 Å². The number of hydrogen-bond donors (Lipinski definition) is 2. The first kappa shape index (κ1) is 16.1. The van der Waals surface area contributed by atoms with E-state index in [1.165, 1.54) is 0 Å². The van der Waals surface area contributed by atoms with Crippen LogP contribution in [0.1, 0.15) is 25.3 Å². The van der Waals surface area contributed by atoms with Crippen molar-refractivity contribution in [2.24, 2.45) is 11.3 Å². The van der Waals surface area contributed by atoms with Gasteiger partial charge in [-0.15, -0.1) is 0 Å². The van der Waals surface area contributed by atoms with Gasteiger partial charge in [0.05, 0.1) is 5.41 Å². The zero-order chi connectivity index (χ0) is 15.6. The van der Waals surface area contributed by atoms with Crippen molar-refractivity contribution in [1.82, 2.24) is 5.32 Å². The fourth-order valence-corrected chi connectivity index (χ4v) is 2.64. The lowest BCUT2D eigenvalue weighted by atomic mass is 9.99. The van der Waals surface area contributed by atoms with Crippen molar-refractivity contribution in [1.29, 1.82) is 0 Å². The molecule has 0 bridgehead atoms. The molecule has 114 valence electrons. The van der Waals surface area contributed by atoms with Crippen LogP contribution < -0.4 is 5.32 Å². The van der Waals surface area contributed by atoms with Gasteiger partial charge in [-0.3, -0.25) is 9.59 Å². The summed E-state index contributed by atoms with van der Waals surface area (Å²) in [4.78, 5) is 23.1. The minimum Gasteiger partial charge on any atom is -0.481 e. The Balaban J connectivity index is 1.89. The van der Waals surface area contributed by atoms with E-state index in [1.54, 1.807) is 25.1 Å². The van der Waals surface area contributed by atoms with Crippen molar-refractivity contribution in [3.63, 3.8) is 0 Å². The smallest absolute Gasteiger partial charge is 0.311 e. The number of nitrogens with one attached hydrogen (secondary N) is 1. The number of carboxylic acid groups (broad SMARTS) is 1. The molecule has 0 heterocycles. The highest BCUT2D eigenvalue weighted by Crippen LogP contribution is 2.45. The second-order valence-electron chi connectivity index (χ2n) is 5.64. The molecule has 4 nitrogen and oxygen atoms in total. The fraction of sp³-hybridized carbons (Fsp3) is 0.467. The predicted octanol–water partition coefficient (Wildman–Crippen LogP) is 3.15. The van der Waals surface area contributed by atoms with Crippen LogP contribution >= 0.6 is 23.2 Å². The summed E-state index contributed by atoms with van der Waals surface area (Å²) >= 11 is 11.9. The van der Waals surface area contributed by atoms with Gasteiger partial charge in [-0.2, -0.15) is 0 Å². The van der Waals surface area contributed by atoms with E-state index in [1.807, 2.05) is 0 Å². The lowest BCUT2D eigenvalue weighted by molar-refractivity contribution is -0.143. The van der Waals surface area contributed by atoms with Gasteiger partial charge in [0.15, 0.2) is 0 Å².